The van der Waals surface area contributed by atoms with Gasteiger partial charge in [0, 0.05) is 5.41 Å². The molecule has 5 aliphatic carbocycles. The van der Waals surface area contributed by atoms with E-state index >= 15 is 0 Å². The fourth-order valence-corrected chi connectivity index (χ4v) is 18.9. The predicted octanol–water partition coefficient (Wildman–Crippen LogP) is -3.52. The van der Waals surface area contributed by atoms with Crippen LogP contribution in [0.5, 0.6) is 0 Å². The minimum Gasteiger partial charge on any atom is -0.481 e. The number of carboxylic acids is 1. The molecule has 540 valence electrons. The molecule has 6 aliphatic heterocycles. The summed E-state index contributed by atoms with van der Waals surface area (Å²) in [7, 11) is 0. The van der Waals surface area contributed by atoms with E-state index in [4.69, 9.17) is 56.8 Å². The predicted molar refractivity (Wildman–Crippen MR) is 315 cm³/mol. The second kappa shape index (κ2) is 27.5. The highest BCUT2D eigenvalue weighted by Gasteiger charge is 2.71. The van der Waals surface area contributed by atoms with Gasteiger partial charge < -0.3 is 144 Å². The van der Waals surface area contributed by atoms with Crippen molar-refractivity contribution in [1.82, 2.24) is 0 Å². The van der Waals surface area contributed by atoms with E-state index in [9.17, 15) is 91.6 Å². The molecule has 30 heteroatoms. The first kappa shape index (κ1) is 73.3. The number of aliphatic hydroxyl groups is 16. The second-order valence-electron chi connectivity index (χ2n) is 30.8. The molecule has 0 aromatic carbocycles. The third kappa shape index (κ3) is 12.4. The van der Waals surface area contributed by atoms with Crippen molar-refractivity contribution < 1.29 is 148 Å². The first-order valence-corrected chi connectivity index (χ1v) is 33.5. The number of carbonyl (C=O) groups is 1. The Hall–Kier alpha value is -1.91. The molecular weight excluding hydrogens is 1250 g/mol. The van der Waals surface area contributed by atoms with Gasteiger partial charge in [-0.3, -0.25) is 4.79 Å². The van der Waals surface area contributed by atoms with Gasteiger partial charge in [-0.15, -0.1) is 0 Å². The quantitative estimate of drug-likeness (QED) is 0.0526. The molecule has 17 N–H and O–H groups in total. The Morgan fingerprint density at radius 2 is 1.01 bits per heavy atom. The Labute approximate surface area is 545 Å². The van der Waals surface area contributed by atoms with Crippen molar-refractivity contribution in [2.45, 2.75) is 298 Å². The molecule has 10 unspecified atom stereocenters. The van der Waals surface area contributed by atoms with Crippen molar-refractivity contribution in [3.63, 3.8) is 0 Å². The van der Waals surface area contributed by atoms with Gasteiger partial charge in [0.2, 0.25) is 0 Å². The van der Waals surface area contributed by atoms with Crippen LogP contribution in [0.3, 0.4) is 0 Å². The zero-order valence-electron chi connectivity index (χ0n) is 54.6. The molecule has 0 aromatic rings. The number of rotatable bonds is 16. The van der Waals surface area contributed by atoms with E-state index in [-0.39, 0.29) is 46.0 Å². The number of allylic oxidation sites excluding steroid dienone is 2. The summed E-state index contributed by atoms with van der Waals surface area (Å²) < 4.78 is 72.4. The number of ether oxygens (including phenoxy) is 12. The molecule has 10 fully saturated rings. The first-order valence-electron chi connectivity index (χ1n) is 33.5. The molecule has 4 saturated carbocycles. The maximum atomic E-state index is 13.3. The lowest BCUT2D eigenvalue weighted by Crippen LogP contribution is -2.69. The number of aliphatic hydroxyl groups excluding tert-OH is 16. The maximum absolute atomic E-state index is 13.3. The van der Waals surface area contributed by atoms with Crippen molar-refractivity contribution in [3.05, 3.63) is 11.6 Å². The van der Waals surface area contributed by atoms with Crippen LogP contribution in [0.15, 0.2) is 11.6 Å². The van der Waals surface area contributed by atoms with Crippen molar-refractivity contribution in [3.8, 4) is 0 Å². The fourth-order valence-electron chi connectivity index (χ4n) is 18.9. The number of fused-ring (bicyclic) bond motifs is 7. The molecule has 0 bridgehead atoms. The van der Waals surface area contributed by atoms with Crippen LogP contribution in [0, 0.1) is 50.2 Å². The van der Waals surface area contributed by atoms with E-state index in [1.54, 1.807) is 0 Å². The number of hydrogen-bond donors (Lipinski definition) is 17. The lowest BCUT2D eigenvalue weighted by Gasteiger charge is -2.71. The van der Waals surface area contributed by atoms with Gasteiger partial charge in [0.25, 0.3) is 0 Å². The molecule has 0 amide bonds. The van der Waals surface area contributed by atoms with E-state index in [1.807, 2.05) is 6.92 Å². The molecule has 6 heterocycles. The molecule has 94 heavy (non-hydrogen) atoms. The molecular formula is C64H104O30. The Kier molecular flexibility index (Phi) is 21.4. The van der Waals surface area contributed by atoms with Crippen LogP contribution in [0.1, 0.15) is 120 Å². The molecule has 0 aromatic heterocycles. The van der Waals surface area contributed by atoms with Gasteiger partial charge in [0.1, 0.15) is 122 Å². The fraction of sp³-hybridized carbons (Fsp3) is 0.953. The highest BCUT2D eigenvalue weighted by molar-refractivity contribution is 5.76. The van der Waals surface area contributed by atoms with Gasteiger partial charge in [-0.05, 0) is 117 Å². The van der Waals surface area contributed by atoms with Crippen LogP contribution in [0.2, 0.25) is 0 Å². The standard InChI is InChI=1S/C64H104O30/c1-25-36(70)40(74)43(77)53(85-25)93-50-46(80)56(88-32(21-66)48(50)91-54-44(78)41(75)47(31(20-65)87-54)90-52-42(76)38(72)29(68)22-83-52)92-49-37(71)26(2)86-55(45(49)79)94-51-39(73)30(69)23-84-57(51)89-35-12-13-60(5)33(61(35,6)24-67)11-14-63(8)34(60)10-9-27-28-19-59(3,4)15-17-64(28,58(81)82)18-16-62(27,63)7/h9,25-26,28-57,65-80H,10-24H2,1-8H3,(H,81,82)/t25-,26-,28?,29+,30-,31+,32+,33?,34?,35?,36+,37-,38-,39-,40+,41+,42+,43+,44?,45+,46+,47+,48-,49+,50+,51+,52-,53-,54-,55-,56-,57-,60?,61?,62?,63?,64?/m0/s1. The SMILES string of the molecule is C[C@@H]1O[C@@H](O[C@H]2[C@H](OC3CCC4(C)C(CCC5(C)C4CC=C4C6CC(C)(C)CCC6(C(=O)O)CCC45C)C3(C)CO)OC[C@H](O)[C@@H]2O)[C@H](O)[C@H](O[C@@H]2O[C@H](CO)[C@H](O[C@@H]3O[C@H](CO)[C@@H](O[C@@H]4OC[C@@H](O)[C@H](O)[C@H]4O)[C@H](O)C3O)[C@H](O[C@@H]3O[C@@H](C)[C@@H](O)[C@@H](O)[C@H]3O)[C@H]2O)[C@H]1O. The zero-order chi connectivity index (χ0) is 68.4. The maximum Gasteiger partial charge on any atom is 0.310 e. The average molecular weight is 1350 g/mol. The zero-order valence-corrected chi connectivity index (χ0v) is 54.6. The summed E-state index contributed by atoms with van der Waals surface area (Å²) in [6, 6.07) is 0. The Morgan fingerprint density at radius 3 is 1.66 bits per heavy atom. The van der Waals surface area contributed by atoms with Gasteiger partial charge in [0.15, 0.2) is 37.7 Å². The Balaban J connectivity index is 0.805. The molecule has 11 aliphatic rings. The summed E-state index contributed by atoms with van der Waals surface area (Å²) in [5.41, 5.74) is -1.15. The monoisotopic (exact) mass is 1350 g/mol. The van der Waals surface area contributed by atoms with Gasteiger partial charge in [0.05, 0.1) is 56.8 Å². The average Bonchev–Trinajstić information content (AvgIpc) is 0.676. The summed E-state index contributed by atoms with van der Waals surface area (Å²) in [6.45, 7) is 13.1. The number of hydrogen-bond acceptors (Lipinski definition) is 29. The van der Waals surface area contributed by atoms with Crippen molar-refractivity contribution >= 4 is 5.97 Å². The highest BCUT2D eigenvalue weighted by Crippen LogP contribution is 2.76. The molecule has 6 saturated heterocycles. The third-order valence-corrected chi connectivity index (χ3v) is 25.0. The van der Waals surface area contributed by atoms with Gasteiger partial charge in [-0.2, -0.15) is 0 Å². The lowest BCUT2D eigenvalue weighted by molar-refractivity contribution is -0.406. The van der Waals surface area contributed by atoms with E-state index in [0.29, 0.717) is 25.7 Å². The highest BCUT2D eigenvalue weighted by atomic mass is 16.8. The Bertz CT molecular complexity index is 2640. The third-order valence-electron chi connectivity index (χ3n) is 25.0. The van der Waals surface area contributed by atoms with Crippen LogP contribution in [-0.4, -0.2) is 304 Å². The topological polar surface area (TPSA) is 472 Å². The normalized spacial score (nSPS) is 55.3. The van der Waals surface area contributed by atoms with Crippen LogP contribution in [0.4, 0.5) is 0 Å². The van der Waals surface area contributed by atoms with Gasteiger partial charge >= 0.3 is 5.97 Å². The number of carboxylic acid groups (broad SMARTS) is 1. The molecule has 0 radical (unpaired) electrons. The molecule has 11 rings (SSSR count). The summed E-state index contributed by atoms with van der Waals surface area (Å²) in [5, 5.41) is 189. The van der Waals surface area contributed by atoms with Crippen molar-refractivity contribution in [2.75, 3.05) is 33.0 Å². The minimum atomic E-state index is -2.20. The molecule has 37 atom stereocenters. The Morgan fingerprint density at radius 1 is 0.489 bits per heavy atom. The van der Waals surface area contributed by atoms with E-state index in [2.05, 4.69) is 40.7 Å². The van der Waals surface area contributed by atoms with Crippen molar-refractivity contribution in [2.24, 2.45) is 50.2 Å². The first-order chi connectivity index (χ1) is 44.1. The summed E-state index contributed by atoms with van der Waals surface area (Å²) >= 11 is 0. The second-order valence-corrected chi connectivity index (χ2v) is 30.8. The van der Waals surface area contributed by atoms with Crippen LogP contribution >= 0.6 is 0 Å². The summed E-state index contributed by atoms with van der Waals surface area (Å²) in [5.74, 6) is -0.680. The smallest absolute Gasteiger partial charge is 0.310 e. The summed E-state index contributed by atoms with van der Waals surface area (Å²) in [4.78, 5) is 13.3. The number of aliphatic carboxylic acids is 1. The van der Waals surface area contributed by atoms with Gasteiger partial charge in [-0.25, -0.2) is 0 Å². The molecule has 30 nitrogen and oxygen atoms in total. The van der Waals surface area contributed by atoms with Crippen LogP contribution < -0.4 is 0 Å². The lowest BCUT2D eigenvalue weighted by atomic mass is 9.33. The summed E-state index contributed by atoms with van der Waals surface area (Å²) in [6.07, 6.45) is -41.2. The van der Waals surface area contributed by atoms with E-state index < -0.39 is 221 Å². The largest absolute Gasteiger partial charge is 0.481 e. The minimum absolute atomic E-state index is 0.00249. The van der Waals surface area contributed by atoms with E-state index in [0.717, 1.165) is 38.5 Å². The van der Waals surface area contributed by atoms with E-state index in [1.165, 1.54) is 19.4 Å². The van der Waals surface area contributed by atoms with Crippen LogP contribution in [0.25, 0.3) is 0 Å². The molecule has 0 spiro atoms. The van der Waals surface area contributed by atoms with Crippen molar-refractivity contribution in [1.29, 1.82) is 0 Å². The van der Waals surface area contributed by atoms with Gasteiger partial charge in [-0.1, -0.05) is 53.2 Å². The van der Waals surface area contributed by atoms with Crippen LogP contribution in [-0.2, 0) is 61.6 Å².